The van der Waals surface area contributed by atoms with Crippen LogP contribution in [-0.4, -0.2) is 18.2 Å². The molecule has 112 valence electrons. The SMILES string of the molecule is CCCCC(C(=O)OC)C(O)(CC)c1cccc(F)c1. The Morgan fingerprint density at radius 1 is 1.45 bits per heavy atom. The third-order valence-corrected chi connectivity index (χ3v) is 3.77. The fourth-order valence-electron chi connectivity index (χ4n) is 2.51. The van der Waals surface area contributed by atoms with Crippen LogP contribution in [-0.2, 0) is 15.1 Å². The first-order chi connectivity index (χ1) is 9.49. The number of ether oxygens (including phenoxy) is 1. The number of carbonyl (C=O) groups is 1. The van der Waals surface area contributed by atoms with Gasteiger partial charge in [-0.2, -0.15) is 0 Å². The summed E-state index contributed by atoms with van der Waals surface area (Å²) in [5.74, 6) is -1.56. The molecule has 0 saturated heterocycles. The van der Waals surface area contributed by atoms with Gasteiger partial charge >= 0.3 is 5.97 Å². The van der Waals surface area contributed by atoms with Gasteiger partial charge in [0, 0.05) is 0 Å². The van der Waals surface area contributed by atoms with E-state index >= 15 is 0 Å². The molecule has 0 aliphatic carbocycles. The van der Waals surface area contributed by atoms with Gasteiger partial charge in [0.25, 0.3) is 0 Å². The quantitative estimate of drug-likeness (QED) is 0.780. The Morgan fingerprint density at radius 3 is 2.65 bits per heavy atom. The Morgan fingerprint density at radius 2 is 2.15 bits per heavy atom. The Bertz CT molecular complexity index is 447. The zero-order valence-electron chi connectivity index (χ0n) is 12.4. The second-order valence-electron chi connectivity index (χ2n) is 5.01. The molecule has 1 N–H and O–H groups in total. The van der Waals surface area contributed by atoms with Crippen LogP contribution in [0.2, 0.25) is 0 Å². The number of hydrogen-bond donors (Lipinski definition) is 1. The summed E-state index contributed by atoms with van der Waals surface area (Å²) < 4.78 is 18.2. The normalized spacial score (nSPS) is 15.4. The van der Waals surface area contributed by atoms with E-state index in [9.17, 15) is 14.3 Å². The first-order valence-corrected chi connectivity index (χ1v) is 7.05. The summed E-state index contributed by atoms with van der Waals surface area (Å²) >= 11 is 0. The van der Waals surface area contributed by atoms with Crippen molar-refractivity contribution in [2.24, 2.45) is 5.92 Å². The number of hydrogen-bond acceptors (Lipinski definition) is 3. The maximum absolute atomic E-state index is 13.4. The highest BCUT2D eigenvalue weighted by atomic mass is 19.1. The predicted molar refractivity (Wildman–Crippen MR) is 75.6 cm³/mol. The molecule has 0 aliphatic rings. The molecule has 0 fully saturated rings. The van der Waals surface area contributed by atoms with Crippen LogP contribution in [0.1, 0.15) is 45.1 Å². The van der Waals surface area contributed by atoms with E-state index in [4.69, 9.17) is 4.74 Å². The van der Waals surface area contributed by atoms with Crippen LogP contribution in [0.25, 0.3) is 0 Å². The number of benzene rings is 1. The summed E-state index contributed by atoms with van der Waals surface area (Å²) in [4.78, 5) is 12.0. The highest BCUT2D eigenvalue weighted by Crippen LogP contribution is 2.37. The van der Waals surface area contributed by atoms with Gasteiger partial charge in [0.05, 0.1) is 13.0 Å². The highest BCUT2D eigenvalue weighted by Gasteiger charge is 2.41. The molecule has 0 aromatic heterocycles. The molecule has 0 amide bonds. The number of halogens is 1. The maximum Gasteiger partial charge on any atom is 0.311 e. The van der Waals surface area contributed by atoms with Crippen molar-refractivity contribution in [3.05, 3.63) is 35.6 Å². The van der Waals surface area contributed by atoms with Crippen molar-refractivity contribution >= 4 is 5.97 Å². The number of esters is 1. The lowest BCUT2D eigenvalue weighted by Crippen LogP contribution is -2.40. The minimum absolute atomic E-state index is 0.319. The van der Waals surface area contributed by atoms with Gasteiger partial charge < -0.3 is 9.84 Å². The highest BCUT2D eigenvalue weighted by molar-refractivity contribution is 5.74. The molecule has 2 unspecified atom stereocenters. The van der Waals surface area contributed by atoms with Gasteiger partial charge in [-0.1, -0.05) is 38.8 Å². The fraction of sp³-hybridized carbons (Fsp3) is 0.562. The van der Waals surface area contributed by atoms with Crippen LogP contribution in [0.5, 0.6) is 0 Å². The summed E-state index contributed by atoms with van der Waals surface area (Å²) in [6, 6.07) is 5.79. The summed E-state index contributed by atoms with van der Waals surface area (Å²) in [5.41, 5.74) is -0.976. The van der Waals surface area contributed by atoms with Crippen LogP contribution >= 0.6 is 0 Å². The molecular formula is C16H23FO3. The van der Waals surface area contributed by atoms with Gasteiger partial charge in [-0.3, -0.25) is 4.79 Å². The molecule has 1 aromatic rings. The average Bonchev–Trinajstić information content (AvgIpc) is 2.46. The first-order valence-electron chi connectivity index (χ1n) is 7.05. The van der Waals surface area contributed by atoms with Crippen LogP contribution in [0.15, 0.2) is 24.3 Å². The minimum Gasteiger partial charge on any atom is -0.469 e. The summed E-state index contributed by atoms with van der Waals surface area (Å²) in [5, 5.41) is 10.9. The van der Waals surface area contributed by atoms with Gasteiger partial charge in [0.15, 0.2) is 0 Å². The lowest BCUT2D eigenvalue weighted by atomic mass is 9.76. The molecule has 0 saturated carbocycles. The smallest absolute Gasteiger partial charge is 0.311 e. The monoisotopic (exact) mass is 282 g/mol. The number of aliphatic hydroxyl groups is 1. The molecule has 0 radical (unpaired) electrons. The molecule has 0 spiro atoms. The molecule has 0 bridgehead atoms. The first kappa shape index (κ1) is 16.6. The standard InChI is InChI=1S/C16H23FO3/c1-4-6-10-14(15(18)20-3)16(19,5-2)12-8-7-9-13(17)11-12/h7-9,11,14,19H,4-6,10H2,1-3H3. The topological polar surface area (TPSA) is 46.5 Å². The second-order valence-corrected chi connectivity index (χ2v) is 5.01. The Kier molecular flexibility index (Phi) is 6.14. The van der Waals surface area contributed by atoms with Crippen molar-refractivity contribution in [2.75, 3.05) is 7.11 Å². The van der Waals surface area contributed by atoms with E-state index in [1.54, 1.807) is 19.1 Å². The van der Waals surface area contributed by atoms with E-state index in [1.165, 1.54) is 19.2 Å². The number of methoxy groups -OCH3 is 1. The van der Waals surface area contributed by atoms with Crippen LogP contribution in [0, 0.1) is 11.7 Å². The van der Waals surface area contributed by atoms with E-state index in [2.05, 4.69) is 0 Å². The number of carbonyl (C=O) groups excluding carboxylic acids is 1. The lowest BCUT2D eigenvalue weighted by molar-refractivity contribution is -0.158. The van der Waals surface area contributed by atoms with E-state index in [-0.39, 0.29) is 0 Å². The molecule has 4 heteroatoms. The number of unbranched alkanes of at least 4 members (excludes halogenated alkanes) is 1. The van der Waals surface area contributed by atoms with E-state index in [1.807, 2.05) is 6.92 Å². The van der Waals surface area contributed by atoms with Crippen LogP contribution in [0.3, 0.4) is 0 Å². The summed E-state index contributed by atoms with van der Waals surface area (Å²) in [6.07, 6.45) is 2.55. The van der Waals surface area contributed by atoms with Gasteiger partial charge in [0.2, 0.25) is 0 Å². The van der Waals surface area contributed by atoms with E-state index < -0.39 is 23.3 Å². The molecule has 1 aromatic carbocycles. The molecule has 2 atom stereocenters. The largest absolute Gasteiger partial charge is 0.469 e. The van der Waals surface area contributed by atoms with Crippen LogP contribution in [0.4, 0.5) is 4.39 Å². The Hall–Kier alpha value is -1.42. The molecular weight excluding hydrogens is 259 g/mol. The predicted octanol–water partition coefficient (Wildman–Crippen LogP) is 3.40. The number of rotatable bonds is 7. The van der Waals surface area contributed by atoms with Gasteiger partial charge in [-0.15, -0.1) is 0 Å². The maximum atomic E-state index is 13.4. The third-order valence-electron chi connectivity index (χ3n) is 3.77. The third kappa shape index (κ3) is 3.57. The molecule has 3 nitrogen and oxygen atoms in total. The van der Waals surface area contributed by atoms with Crippen molar-refractivity contribution in [1.29, 1.82) is 0 Å². The van der Waals surface area contributed by atoms with Crippen LogP contribution < -0.4 is 0 Å². The molecule has 20 heavy (non-hydrogen) atoms. The second kappa shape index (κ2) is 7.39. The molecule has 1 rings (SSSR count). The van der Waals surface area contributed by atoms with Gasteiger partial charge in [0.1, 0.15) is 11.4 Å². The summed E-state index contributed by atoms with van der Waals surface area (Å²) in [7, 11) is 1.31. The van der Waals surface area contributed by atoms with Crippen molar-refractivity contribution < 1.29 is 19.0 Å². The van der Waals surface area contributed by atoms with Crippen molar-refractivity contribution in [2.45, 2.75) is 45.1 Å². The zero-order valence-corrected chi connectivity index (χ0v) is 12.4. The Balaban J connectivity index is 3.18. The summed E-state index contributed by atoms with van der Waals surface area (Å²) in [6.45, 7) is 3.80. The van der Waals surface area contributed by atoms with E-state index in [0.29, 0.717) is 18.4 Å². The van der Waals surface area contributed by atoms with Crippen molar-refractivity contribution in [3.63, 3.8) is 0 Å². The van der Waals surface area contributed by atoms with E-state index in [0.717, 1.165) is 12.8 Å². The zero-order chi connectivity index (χ0) is 15.2. The average molecular weight is 282 g/mol. The van der Waals surface area contributed by atoms with Gasteiger partial charge in [-0.25, -0.2) is 4.39 Å². The lowest BCUT2D eigenvalue weighted by Gasteiger charge is -2.34. The van der Waals surface area contributed by atoms with Gasteiger partial charge in [-0.05, 0) is 30.5 Å². The molecule has 0 aliphatic heterocycles. The minimum atomic E-state index is -1.40. The van der Waals surface area contributed by atoms with Crippen molar-refractivity contribution in [3.8, 4) is 0 Å². The van der Waals surface area contributed by atoms with Crippen molar-refractivity contribution in [1.82, 2.24) is 0 Å². The molecule has 0 heterocycles. The Labute approximate surface area is 119 Å². The fourth-order valence-corrected chi connectivity index (χ4v) is 2.51.